The molecule has 34 heavy (non-hydrogen) atoms. The fourth-order valence-electron chi connectivity index (χ4n) is 6.13. The van der Waals surface area contributed by atoms with Crippen molar-refractivity contribution in [3.8, 4) is 5.69 Å². The molecule has 0 bridgehead atoms. The molecule has 5 rings (SSSR count). The number of carbonyl (C=O) groups is 1. The van der Waals surface area contributed by atoms with E-state index in [-0.39, 0.29) is 18.8 Å². The predicted octanol–water partition coefficient (Wildman–Crippen LogP) is 6.06. The van der Waals surface area contributed by atoms with E-state index in [0.29, 0.717) is 19.3 Å². The van der Waals surface area contributed by atoms with E-state index in [4.69, 9.17) is 4.74 Å². The molecule has 1 aromatic carbocycles. The molecule has 1 unspecified atom stereocenters. The SMILES string of the molecule is CCOC(=O)[C@@H]1C2CCC3=Cc4c(cnn4-c4ccc(F)cc4)C[C@]3(C)C2=CC[C@H]1C(F)(F)F. The molecule has 3 aliphatic carbocycles. The Balaban J connectivity index is 1.54. The van der Waals surface area contributed by atoms with Gasteiger partial charge in [-0.2, -0.15) is 18.3 Å². The van der Waals surface area contributed by atoms with Crippen LogP contribution in [0.4, 0.5) is 17.6 Å². The van der Waals surface area contributed by atoms with Gasteiger partial charge >= 0.3 is 12.1 Å². The second-order valence-electron chi connectivity index (χ2n) is 9.59. The molecule has 180 valence electrons. The lowest BCUT2D eigenvalue weighted by Crippen LogP contribution is -2.48. The van der Waals surface area contributed by atoms with Gasteiger partial charge in [-0.25, -0.2) is 9.07 Å². The van der Waals surface area contributed by atoms with Gasteiger partial charge in [-0.05, 0) is 74.4 Å². The molecule has 1 saturated carbocycles. The van der Waals surface area contributed by atoms with Crippen molar-refractivity contribution in [2.75, 3.05) is 6.61 Å². The number of carbonyl (C=O) groups excluding carboxylic acids is 1. The number of hydrogen-bond donors (Lipinski definition) is 0. The monoisotopic (exact) mass is 474 g/mol. The van der Waals surface area contributed by atoms with E-state index in [1.54, 1.807) is 36.0 Å². The van der Waals surface area contributed by atoms with Gasteiger partial charge in [-0.1, -0.05) is 24.1 Å². The van der Waals surface area contributed by atoms with Crippen LogP contribution in [0.15, 0.2) is 47.7 Å². The van der Waals surface area contributed by atoms with Crippen molar-refractivity contribution in [2.24, 2.45) is 23.2 Å². The zero-order valence-corrected chi connectivity index (χ0v) is 19.0. The van der Waals surface area contributed by atoms with Crippen molar-refractivity contribution >= 4 is 12.0 Å². The molecule has 1 fully saturated rings. The first-order chi connectivity index (χ1) is 16.1. The Morgan fingerprint density at radius 1 is 1.26 bits per heavy atom. The van der Waals surface area contributed by atoms with Gasteiger partial charge in [0.25, 0.3) is 0 Å². The second kappa shape index (κ2) is 8.10. The van der Waals surface area contributed by atoms with Crippen molar-refractivity contribution < 1.29 is 27.1 Å². The van der Waals surface area contributed by atoms with Gasteiger partial charge in [0.2, 0.25) is 0 Å². The second-order valence-corrected chi connectivity index (χ2v) is 9.59. The first-order valence-electron chi connectivity index (χ1n) is 11.6. The smallest absolute Gasteiger partial charge is 0.392 e. The summed E-state index contributed by atoms with van der Waals surface area (Å²) in [5.41, 5.74) is 4.17. The molecule has 4 nitrogen and oxygen atoms in total. The molecule has 1 heterocycles. The Morgan fingerprint density at radius 2 is 2.00 bits per heavy atom. The van der Waals surface area contributed by atoms with Crippen LogP contribution in [0.3, 0.4) is 0 Å². The highest BCUT2D eigenvalue weighted by molar-refractivity contribution is 5.75. The number of allylic oxidation sites excluding steroid dienone is 3. The standard InChI is InChI=1S/C26H26F4N2O2/c1-3-34-24(33)23-19-9-4-16-12-22-15(14-31-32(22)18-7-5-17(27)6-8-18)13-25(16,2)20(19)10-11-21(23)26(28,29)30/h5-8,10,12,14,19,21,23H,3-4,9,11,13H2,1-2H3/t19?,21-,23-,25+/m1/s1. The third-order valence-electron chi connectivity index (χ3n) is 7.72. The lowest BCUT2D eigenvalue weighted by atomic mass is 9.54. The van der Waals surface area contributed by atoms with E-state index >= 15 is 0 Å². The fraction of sp³-hybridized carbons (Fsp3) is 0.462. The Hall–Kier alpha value is -2.90. The summed E-state index contributed by atoms with van der Waals surface area (Å²) in [5.74, 6) is -4.53. The fourth-order valence-corrected chi connectivity index (χ4v) is 6.13. The van der Waals surface area contributed by atoms with Crippen molar-refractivity contribution in [3.05, 3.63) is 64.8 Å². The molecule has 1 aromatic heterocycles. The third kappa shape index (κ3) is 3.58. The summed E-state index contributed by atoms with van der Waals surface area (Å²) >= 11 is 0. The maximum Gasteiger partial charge on any atom is 0.392 e. The minimum absolute atomic E-state index is 0.0556. The highest BCUT2D eigenvalue weighted by Crippen LogP contribution is 2.59. The zero-order valence-electron chi connectivity index (χ0n) is 19.0. The summed E-state index contributed by atoms with van der Waals surface area (Å²) in [5, 5.41) is 4.51. The number of esters is 1. The molecule has 3 aliphatic rings. The quantitative estimate of drug-likeness (QED) is 0.309. The van der Waals surface area contributed by atoms with Gasteiger partial charge in [0.15, 0.2) is 0 Å². The van der Waals surface area contributed by atoms with E-state index in [9.17, 15) is 22.4 Å². The van der Waals surface area contributed by atoms with Gasteiger partial charge in [0.1, 0.15) is 5.82 Å². The number of halogens is 4. The van der Waals surface area contributed by atoms with Crippen LogP contribution in [0, 0.1) is 29.0 Å². The normalized spacial score (nSPS) is 28.2. The van der Waals surface area contributed by atoms with Crippen molar-refractivity contribution in [3.63, 3.8) is 0 Å². The van der Waals surface area contributed by atoms with E-state index in [1.807, 2.05) is 0 Å². The number of hydrogen-bond acceptors (Lipinski definition) is 3. The van der Waals surface area contributed by atoms with Crippen LogP contribution < -0.4 is 0 Å². The number of benzene rings is 1. The van der Waals surface area contributed by atoms with E-state index < -0.39 is 35.3 Å². The number of rotatable bonds is 3. The van der Waals surface area contributed by atoms with Crippen LogP contribution in [-0.2, 0) is 16.0 Å². The molecular weight excluding hydrogens is 448 g/mol. The lowest BCUT2D eigenvalue weighted by molar-refractivity contribution is -0.204. The molecular formula is C26H26F4N2O2. The summed E-state index contributed by atoms with van der Waals surface area (Å²) in [6, 6.07) is 6.09. The molecule has 4 atom stereocenters. The highest BCUT2D eigenvalue weighted by atomic mass is 19.4. The topological polar surface area (TPSA) is 44.1 Å². The summed E-state index contributed by atoms with van der Waals surface area (Å²) in [7, 11) is 0. The minimum Gasteiger partial charge on any atom is -0.466 e. The van der Waals surface area contributed by atoms with Crippen molar-refractivity contribution in [1.82, 2.24) is 9.78 Å². The number of aromatic nitrogens is 2. The maximum atomic E-state index is 13.9. The minimum atomic E-state index is -4.47. The van der Waals surface area contributed by atoms with Crippen LogP contribution >= 0.6 is 0 Å². The third-order valence-corrected chi connectivity index (χ3v) is 7.72. The Labute approximate surface area is 195 Å². The molecule has 0 amide bonds. The number of ether oxygens (including phenoxy) is 1. The van der Waals surface area contributed by atoms with Gasteiger partial charge in [0, 0.05) is 5.41 Å². The molecule has 0 spiro atoms. The summed E-state index contributed by atoms with van der Waals surface area (Å²) in [6.07, 6.45) is 2.52. The maximum absolute atomic E-state index is 13.9. The molecule has 0 N–H and O–H groups in total. The van der Waals surface area contributed by atoms with Crippen LogP contribution in [0.2, 0.25) is 0 Å². The molecule has 8 heteroatoms. The molecule has 0 aliphatic heterocycles. The summed E-state index contributed by atoms with van der Waals surface area (Å²) in [4.78, 5) is 12.8. The number of nitrogens with zero attached hydrogens (tertiary/aromatic N) is 2. The highest BCUT2D eigenvalue weighted by Gasteiger charge is 2.56. The zero-order chi connectivity index (χ0) is 24.3. The van der Waals surface area contributed by atoms with Crippen LogP contribution in [0.25, 0.3) is 11.8 Å². The molecule has 0 radical (unpaired) electrons. The average molecular weight is 474 g/mol. The van der Waals surface area contributed by atoms with E-state index in [2.05, 4.69) is 18.1 Å². The number of fused-ring (bicyclic) bond motifs is 4. The van der Waals surface area contributed by atoms with Crippen LogP contribution in [0.1, 0.15) is 44.4 Å². The average Bonchev–Trinajstić information content (AvgIpc) is 3.18. The predicted molar refractivity (Wildman–Crippen MR) is 118 cm³/mol. The first kappa shape index (κ1) is 22.9. The van der Waals surface area contributed by atoms with E-state index in [1.165, 1.54) is 12.1 Å². The van der Waals surface area contributed by atoms with Gasteiger partial charge in [-0.15, -0.1) is 0 Å². The Bertz CT molecular complexity index is 1180. The number of alkyl halides is 3. The van der Waals surface area contributed by atoms with Crippen molar-refractivity contribution in [2.45, 2.75) is 45.7 Å². The molecule has 0 saturated heterocycles. The van der Waals surface area contributed by atoms with Gasteiger partial charge < -0.3 is 4.74 Å². The summed E-state index contributed by atoms with van der Waals surface area (Å²) in [6.45, 7) is 3.73. The molecule has 2 aromatic rings. The van der Waals surface area contributed by atoms with Crippen LogP contribution in [-0.4, -0.2) is 28.5 Å². The Morgan fingerprint density at radius 3 is 2.68 bits per heavy atom. The summed E-state index contributed by atoms with van der Waals surface area (Å²) < 4.78 is 61.9. The van der Waals surface area contributed by atoms with E-state index in [0.717, 1.165) is 28.1 Å². The first-order valence-corrected chi connectivity index (χ1v) is 11.6. The van der Waals surface area contributed by atoms with Crippen molar-refractivity contribution in [1.29, 1.82) is 0 Å². The lowest BCUT2D eigenvalue weighted by Gasteiger charge is -2.50. The Kier molecular flexibility index (Phi) is 5.45. The largest absolute Gasteiger partial charge is 0.466 e. The van der Waals surface area contributed by atoms with Gasteiger partial charge in [0.05, 0.1) is 36.0 Å². The van der Waals surface area contributed by atoms with Gasteiger partial charge in [-0.3, -0.25) is 4.79 Å². The van der Waals surface area contributed by atoms with Crippen LogP contribution in [0.5, 0.6) is 0 Å².